The van der Waals surface area contributed by atoms with Crippen molar-refractivity contribution in [2.24, 2.45) is 0 Å². The molecule has 0 saturated carbocycles. The first-order valence-electron chi connectivity index (χ1n) is 8.55. The summed E-state index contributed by atoms with van der Waals surface area (Å²) in [5.41, 5.74) is 2.11. The number of likely N-dealkylation sites (N-methyl/N-ethyl adjacent to an activating group) is 1. The van der Waals surface area contributed by atoms with Crippen LogP contribution in [0.3, 0.4) is 0 Å². The third-order valence-electron chi connectivity index (χ3n) is 4.21. The zero-order chi connectivity index (χ0) is 21.1. The Bertz CT molecular complexity index is 986. The summed E-state index contributed by atoms with van der Waals surface area (Å²) in [6.07, 6.45) is -1.06. The molecule has 0 aliphatic carbocycles. The Morgan fingerprint density at radius 3 is 2.32 bits per heavy atom. The first kappa shape index (κ1) is 21.7. The predicted octanol–water partition coefficient (Wildman–Crippen LogP) is 2.88. The first-order valence-corrected chi connectivity index (χ1v) is 9.99. The zero-order valence-corrected chi connectivity index (χ0v) is 16.9. The fourth-order valence-corrected chi connectivity index (χ4v) is 3.68. The summed E-state index contributed by atoms with van der Waals surface area (Å²) in [6, 6.07) is 9.65. The number of sulfonamides is 1. The van der Waals surface area contributed by atoms with Crippen LogP contribution in [0, 0.1) is 19.7 Å². The van der Waals surface area contributed by atoms with Gasteiger partial charge >= 0.3 is 5.97 Å². The maximum absolute atomic E-state index is 13.0. The van der Waals surface area contributed by atoms with Gasteiger partial charge in [0.2, 0.25) is 15.8 Å². The monoisotopic (exact) mass is 407 g/mol. The highest BCUT2D eigenvalue weighted by atomic mass is 32.2. The average Bonchev–Trinajstić information content (AvgIpc) is 2.63. The van der Waals surface area contributed by atoms with Gasteiger partial charge in [-0.1, -0.05) is 17.7 Å². The molecule has 0 fully saturated rings. The topological polar surface area (TPSA) is 80.8 Å². The molecule has 0 aliphatic rings. The molecule has 1 atom stereocenters. The second kappa shape index (κ2) is 8.62. The normalized spacial score (nSPS) is 12.6. The molecular weight excluding hydrogens is 385 g/mol. The number of rotatable bonds is 7. The Balaban J connectivity index is 2.05. The second-order valence-electron chi connectivity index (χ2n) is 6.53. The lowest BCUT2D eigenvalue weighted by Gasteiger charge is -2.18. The van der Waals surface area contributed by atoms with Crippen molar-refractivity contribution in [1.29, 1.82) is 0 Å². The zero-order valence-electron chi connectivity index (χ0n) is 16.1. The van der Waals surface area contributed by atoms with Gasteiger partial charge in [0.05, 0.1) is 4.90 Å². The van der Waals surface area contributed by atoms with E-state index >= 15 is 0 Å². The minimum Gasteiger partial charge on any atom is -0.453 e. The van der Waals surface area contributed by atoms with E-state index in [0.29, 0.717) is 5.56 Å². The smallest absolute Gasteiger partial charge is 0.322 e. The largest absolute Gasteiger partial charge is 0.453 e. The van der Waals surface area contributed by atoms with Crippen LogP contribution in [0.25, 0.3) is 0 Å². The lowest BCUT2D eigenvalue weighted by atomic mass is 9.99. The van der Waals surface area contributed by atoms with Gasteiger partial charge in [-0.15, -0.1) is 0 Å². The molecule has 0 saturated heterocycles. The van der Waals surface area contributed by atoms with Crippen molar-refractivity contribution >= 4 is 21.8 Å². The molecule has 0 aromatic heterocycles. The molecule has 0 spiro atoms. The van der Waals surface area contributed by atoms with E-state index in [-0.39, 0.29) is 10.7 Å². The average molecular weight is 407 g/mol. The Morgan fingerprint density at radius 1 is 1.11 bits per heavy atom. The summed E-state index contributed by atoms with van der Waals surface area (Å²) in [5.74, 6) is -1.79. The minimum absolute atomic E-state index is 0.149. The van der Waals surface area contributed by atoms with E-state index in [1.807, 2.05) is 13.0 Å². The first-order chi connectivity index (χ1) is 13.0. The van der Waals surface area contributed by atoms with Crippen molar-refractivity contribution in [3.63, 3.8) is 0 Å². The number of aryl methyl sites for hydroxylation is 2. The van der Waals surface area contributed by atoms with Gasteiger partial charge in [0.25, 0.3) is 0 Å². The number of hydrogen-bond donors (Lipinski definition) is 0. The number of benzene rings is 2. The van der Waals surface area contributed by atoms with Crippen LogP contribution in [-0.2, 0) is 19.6 Å². The fourth-order valence-electron chi connectivity index (χ4n) is 2.56. The molecule has 150 valence electrons. The van der Waals surface area contributed by atoms with Gasteiger partial charge in [-0.05, 0) is 56.7 Å². The number of ether oxygens (including phenoxy) is 1. The number of hydrogen-bond acceptors (Lipinski definition) is 5. The van der Waals surface area contributed by atoms with Crippen molar-refractivity contribution in [3.05, 3.63) is 65.0 Å². The number of ketones is 1. The van der Waals surface area contributed by atoms with Crippen LogP contribution in [0.15, 0.2) is 47.4 Å². The number of esters is 1. The van der Waals surface area contributed by atoms with Crippen molar-refractivity contribution in [3.8, 4) is 0 Å². The van der Waals surface area contributed by atoms with Gasteiger partial charge in [-0.3, -0.25) is 9.59 Å². The molecule has 0 radical (unpaired) electrons. The summed E-state index contributed by atoms with van der Waals surface area (Å²) < 4.78 is 43.8. The van der Waals surface area contributed by atoms with Crippen molar-refractivity contribution in [2.45, 2.75) is 31.8 Å². The van der Waals surface area contributed by atoms with Crippen molar-refractivity contribution < 1.29 is 27.1 Å². The van der Waals surface area contributed by atoms with Crippen LogP contribution >= 0.6 is 0 Å². The second-order valence-corrected chi connectivity index (χ2v) is 8.57. The SMILES string of the molecule is Cc1ccc(C)c(C(=O)[C@H](C)OC(=O)CN(C)S(=O)(=O)c2ccc(F)cc2)c1. The van der Waals surface area contributed by atoms with Gasteiger partial charge < -0.3 is 4.74 Å². The molecule has 0 amide bonds. The van der Waals surface area contributed by atoms with Gasteiger partial charge in [-0.2, -0.15) is 4.31 Å². The Morgan fingerprint density at radius 2 is 1.71 bits per heavy atom. The quantitative estimate of drug-likeness (QED) is 0.521. The van der Waals surface area contributed by atoms with Gasteiger partial charge in [0, 0.05) is 12.6 Å². The van der Waals surface area contributed by atoms with E-state index in [1.165, 1.54) is 14.0 Å². The molecule has 2 aromatic carbocycles. The van der Waals surface area contributed by atoms with Crippen LogP contribution < -0.4 is 0 Å². The van der Waals surface area contributed by atoms with Crippen LogP contribution in [0.1, 0.15) is 28.4 Å². The van der Waals surface area contributed by atoms with E-state index in [9.17, 15) is 22.4 Å². The maximum Gasteiger partial charge on any atom is 0.322 e. The Kier molecular flexibility index (Phi) is 6.69. The van der Waals surface area contributed by atoms with E-state index in [0.717, 1.165) is 39.7 Å². The standard InChI is InChI=1S/C20H22FNO5S/c1-13-5-6-14(2)18(11-13)20(24)15(3)27-19(23)12-22(4)28(25,26)17-9-7-16(21)8-10-17/h5-11,15H,12H2,1-4H3/t15-/m0/s1. The highest BCUT2D eigenvalue weighted by molar-refractivity contribution is 7.89. The number of nitrogens with zero attached hydrogens (tertiary/aromatic N) is 1. The molecule has 0 N–H and O–H groups in total. The van der Waals surface area contributed by atoms with Gasteiger partial charge in [-0.25, -0.2) is 12.8 Å². The molecule has 2 rings (SSSR count). The van der Waals surface area contributed by atoms with Crippen LogP contribution in [0.4, 0.5) is 4.39 Å². The summed E-state index contributed by atoms with van der Waals surface area (Å²) in [7, 11) is -2.78. The number of carbonyl (C=O) groups is 2. The third kappa shape index (κ3) is 5.02. The van der Waals surface area contributed by atoms with Gasteiger partial charge in [0.1, 0.15) is 12.4 Å². The molecule has 0 heterocycles. The van der Waals surface area contributed by atoms with Crippen molar-refractivity contribution in [1.82, 2.24) is 4.31 Å². The molecule has 28 heavy (non-hydrogen) atoms. The Hall–Kier alpha value is -2.58. The highest BCUT2D eigenvalue weighted by Gasteiger charge is 2.26. The third-order valence-corrected chi connectivity index (χ3v) is 6.03. The summed E-state index contributed by atoms with van der Waals surface area (Å²) in [6.45, 7) is 4.49. The molecule has 0 bridgehead atoms. The fraction of sp³-hybridized carbons (Fsp3) is 0.300. The Labute approximate surface area is 164 Å². The van der Waals surface area contributed by atoms with Gasteiger partial charge in [0.15, 0.2) is 6.10 Å². The van der Waals surface area contributed by atoms with E-state index < -0.39 is 34.5 Å². The minimum atomic E-state index is -3.99. The summed E-state index contributed by atoms with van der Waals surface area (Å²) >= 11 is 0. The molecule has 2 aromatic rings. The summed E-state index contributed by atoms with van der Waals surface area (Å²) in [5, 5.41) is 0. The molecular formula is C20H22FNO5S. The maximum atomic E-state index is 13.0. The van der Waals surface area contributed by atoms with E-state index in [2.05, 4.69) is 0 Å². The van der Waals surface area contributed by atoms with Crippen molar-refractivity contribution in [2.75, 3.05) is 13.6 Å². The molecule has 6 nitrogen and oxygen atoms in total. The molecule has 0 unspecified atom stereocenters. The molecule has 8 heteroatoms. The lowest BCUT2D eigenvalue weighted by molar-refractivity contribution is -0.146. The van der Waals surface area contributed by atoms with E-state index in [4.69, 9.17) is 4.74 Å². The van der Waals surface area contributed by atoms with E-state index in [1.54, 1.807) is 19.1 Å². The number of Topliss-reactive ketones (excluding diaryl/α,β-unsaturated/α-hetero) is 1. The number of halogens is 1. The molecule has 0 aliphatic heterocycles. The highest BCUT2D eigenvalue weighted by Crippen LogP contribution is 2.16. The lowest BCUT2D eigenvalue weighted by Crippen LogP contribution is -2.35. The predicted molar refractivity (Wildman–Crippen MR) is 102 cm³/mol. The number of carbonyl (C=O) groups excluding carboxylic acids is 2. The van der Waals surface area contributed by atoms with Crippen LogP contribution in [-0.4, -0.2) is 44.2 Å². The summed E-state index contributed by atoms with van der Waals surface area (Å²) in [4.78, 5) is 24.5. The van der Waals surface area contributed by atoms with Crippen LogP contribution in [0.5, 0.6) is 0 Å². The van der Waals surface area contributed by atoms with Crippen LogP contribution in [0.2, 0.25) is 0 Å².